The second-order valence-electron chi connectivity index (χ2n) is 3.73. The van der Waals surface area contributed by atoms with Crippen molar-refractivity contribution in [1.29, 1.82) is 0 Å². The van der Waals surface area contributed by atoms with Crippen LogP contribution in [0.15, 0.2) is 18.2 Å². The van der Waals surface area contributed by atoms with Gasteiger partial charge in [-0.3, -0.25) is 4.79 Å². The molecule has 0 saturated carbocycles. The minimum Gasteiger partial charge on any atom is -0.486 e. The summed E-state index contributed by atoms with van der Waals surface area (Å²) in [6, 6.07) is 5.41. The number of thioether (sulfide) groups is 1. The van der Waals surface area contributed by atoms with Gasteiger partial charge in [0.1, 0.15) is 13.2 Å². The summed E-state index contributed by atoms with van der Waals surface area (Å²) in [5, 5.41) is 0. The molecule has 0 bridgehead atoms. The van der Waals surface area contributed by atoms with Gasteiger partial charge in [0.25, 0.3) is 0 Å². The van der Waals surface area contributed by atoms with Crippen LogP contribution in [0.3, 0.4) is 0 Å². The van der Waals surface area contributed by atoms with Gasteiger partial charge in [0.15, 0.2) is 17.3 Å². The van der Waals surface area contributed by atoms with Crippen LogP contribution in [-0.2, 0) is 0 Å². The summed E-state index contributed by atoms with van der Waals surface area (Å²) in [4.78, 5) is 11.9. The Labute approximate surface area is 105 Å². The Morgan fingerprint density at radius 2 is 2.06 bits per heavy atom. The van der Waals surface area contributed by atoms with Crippen molar-refractivity contribution in [2.75, 3.05) is 24.7 Å². The summed E-state index contributed by atoms with van der Waals surface area (Å²) in [5.41, 5.74) is 0.714. The van der Waals surface area contributed by atoms with Gasteiger partial charge in [-0.1, -0.05) is 6.92 Å². The second-order valence-corrected chi connectivity index (χ2v) is 5.12. The van der Waals surface area contributed by atoms with E-state index < -0.39 is 0 Å². The Morgan fingerprint density at radius 1 is 1.29 bits per heavy atom. The summed E-state index contributed by atoms with van der Waals surface area (Å²) in [5.74, 6) is 3.52. The van der Waals surface area contributed by atoms with Crippen LogP contribution in [0.4, 0.5) is 0 Å². The maximum atomic E-state index is 11.9. The van der Waals surface area contributed by atoms with Gasteiger partial charge in [0, 0.05) is 17.7 Å². The fraction of sp³-hybridized carbons (Fsp3) is 0.462. The van der Waals surface area contributed by atoms with Crippen molar-refractivity contribution < 1.29 is 14.3 Å². The second kappa shape index (κ2) is 5.96. The van der Waals surface area contributed by atoms with Crippen molar-refractivity contribution in [2.45, 2.75) is 13.3 Å². The van der Waals surface area contributed by atoms with Crippen LogP contribution >= 0.6 is 11.8 Å². The molecule has 0 unspecified atom stereocenters. The van der Waals surface area contributed by atoms with Crippen LogP contribution in [0.1, 0.15) is 23.7 Å². The molecule has 17 heavy (non-hydrogen) atoms. The number of ketones is 1. The van der Waals surface area contributed by atoms with Crippen LogP contribution in [-0.4, -0.2) is 30.5 Å². The quantitative estimate of drug-likeness (QED) is 0.596. The Hall–Kier alpha value is -1.16. The minimum atomic E-state index is 0.169. The highest BCUT2D eigenvalue weighted by Crippen LogP contribution is 2.31. The van der Waals surface area contributed by atoms with E-state index in [4.69, 9.17) is 9.47 Å². The molecule has 0 amide bonds. The highest BCUT2D eigenvalue weighted by molar-refractivity contribution is 7.99. The van der Waals surface area contributed by atoms with Crippen molar-refractivity contribution in [1.82, 2.24) is 0 Å². The van der Waals surface area contributed by atoms with E-state index in [1.165, 1.54) is 0 Å². The van der Waals surface area contributed by atoms with E-state index in [0.29, 0.717) is 30.9 Å². The third kappa shape index (κ3) is 3.16. The molecule has 0 atom stereocenters. The molecule has 1 aliphatic heterocycles. The van der Waals surface area contributed by atoms with Crippen molar-refractivity contribution in [3.63, 3.8) is 0 Å². The highest BCUT2D eigenvalue weighted by atomic mass is 32.2. The van der Waals surface area contributed by atoms with E-state index in [-0.39, 0.29) is 5.78 Å². The number of carbonyl (C=O) groups is 1. The van der Waals surface area contributed by atoms with Gasteiger partial charge in [-0.2, -0.15) is 11.8 Å². The highest BCUT2D eigenvalue weighted by Gasteiger charge is 2.14. The Kier molecular flexibility index (Phi) is 4.31. The molecular weight excluding hydrogens is 236 g/mol. The first-order valence-electron chi connectivity index (χ1n) is 5.82. The topological polar surface area (TPSA) is 35.5 Å². The normalized spacial score (nSPS) is 13.5. The number of fused-ring (bicyclic) bond motifs is 1. The predicted molar refractivity (Wildman–Crippen MR) is 69.4 cm³/mol. The molecule has 0 saturated heterocycles. The maximum Gasteiger partial charge on any atom is 0.163 e. The Morgan fingerprint density at radius 3 is 2.82 bits per heavy atom. The number of hydrogen-bond acceptors (Lipinski definition) is 4. The largest absolute Gasteiger partial charge is 0.486 e. The molecule has 1 aliphatic rings. The zero-order valence-corrected chi connectivity index (χ0v) is 10.7. The average Bonchev–Trinajstić information content (AvgIpc) is 2.38. The van der Waals surface area contributed by atoms with Crippen LogP contribution in [0, 0.1) is 0 Å². The molecule has 1 heterocycles. The molecule has 3 nitrogen and oxygen atoms in total. The molecule has 0 aliphatic carbocycles. The van der Waals surface area contributed by atoms with Crippen molar-refractivity contribution in [3.8, 4) is 11.5 Å². The number of Topliss-reactive ketones (excluding diaryl/α,β-unsaturated/α-hetero) is 1. The van der Waals surface area contributed by atoms with Crippen molar-refractivity contribution in [2.24, 2.45) is 0 Å². The number of ether oxygens (including phenoxy) is 2. The zero-order chi connectivity index (χ0) is 12.1. The van der Waals surface area contributed by atoms with Crippen molar-refractivity contribution in [3.05, 3.63) is 23.8 Å². The molecule has 0 fully saturated rings. The van der Waals surface area contributed by atoms with Gasteiger partial charge in [0.2, 0.25) is 0 Å². The molecular formula is C13H16O3S. The molecule has 2 rings (SSSR count). The standard InChI is InChI=1S/C13H16O3S/c1-2-17-8-5-11(14)10-3-4-12-13(9-10)16-7-6-15-12/h3-4,9H,2,5-8H2,1H3. The summed E-state index contributed by atoms with van der Waals surface area (Å²) in [6.45, 7) is 3.23. The average molecular weight is 252 g/mol. The van der Waals surface area contributed by atoms with E-state index in [2.05, 4.69) is 6.92 Å². The summed E-state index contributed by atoms with van der Waals surface area (Å²) >= 11 is 1.78. The first-order chi connectivity index (χ1) is 8.31. The lowest BCUT2D eigenvalue weighted by Crippen LogP contribution is -2.15. The van der Waals surface area contributed by atoms with E-state index in [1.54, 1.807) is 17.8 Å². The monoisotopic (exact) mass is 252 g/mol. The Balaban J connectivity index is 2.03. The number of benzene rings is 1. The molecule has 4 heteroatoms. The number of carbonyl (C=O) groups excluding carboxylic acids is 1. The maximum absolute atomic E-state index is 11.9. The SMILES string of the molecule is CCSCCC(=O)c1ccc2c(c1)OCCO2. The third-order valence-electron chi connectivity index (χ3n) is 2.54. The molecule has 92 valence electrons. The lowest BCUT2D eigenvalue weighted by molar-refractivity contribution is 0.0988. The molecule has 1 aromatic carbocycles. The number of rotatable bonds is 5. The molecule has 0 N–H and O–H groups in total. The molecule has 0 spiro atoms. The fourth-order valence-electron chi connectivity index (χ4n) is 1.67. The van der Waals surface area contributed by atoms with Gasteiger partial charge >= 0.3 is 0 Å². The van der Waals surface area contributed by atoms with Gasteiger partial charge < -0.3 is 9.47 Å². The molecule has 0 radical (unpaired) electrons. The van der Waals surface area contributed by atoms with Crippen LogP contribution in [0.2, 0.25) is 0 Å². The Bertz CT molecular complexity index is 404. The summed E-state index contributed by atoms with van der Waals surface area (Å²) in [7, 11) is 0. The van der Waals surface area contributed by atoms with E-state index in [1.807, 2.05) is 12.1 Å². The van der Waals surface area contributed by atoms with E-state index in [9.17, 15) is 4.79 Å². The minimum absolute atomic E-state index is 0.169. The van der Waals surface area contributed by atoms with Gasteiger partial charge in [-0.05, 0) is 24.0 Å². The summed E-state index contributed by atoms with van der Waals surface area (Å²) < 4.78 is 10.9. The fourth-order valence-corrected chi connectivity index (χ4v) is 2.29. The molecule has 0 aromatic heterocycles. The zero-order valence-electron chi connectivity index (χ0n) is 9.90. The lowest BCUT2D eigenvalue weighted by atomic mass is 10.1. The van der Waals surface area contributed by atoms with Gasteiger partial charge in [0.05, 0.1) is 0 Å². The lowest BCUT2D eigenvalue weighted by Gasteiger charge is -2.18. The first kappa shape index (κ1) is 12.3. The number of hydrogen-bond donors (Lipinski definition) is 0. The van der Waals surface area contributed by atoms with Gasteiger partial charge in [-0.25, -0.2) is 0 Å². The predicted octanol–water partition coefficient (Wildman–Crippen LogP) is 2.78. The summed E-state index contributed by atoms with van der Waals surface area (Å²) in [6.07, 6.45) is 0.581. The first-order valence-corrected chi connectivity index (χ1v) is 6.97. The van der Waals surface area contributed by atoms with E-state index in [0.717, 1.165) is 17.3 Å². The van der Waals surface area contributed by atoms with Gasteiger partial charge in [-0.15, -0.1) is 0 Å². The van der Waals surface area contributed by atoms with Crippen LogP contribution in [0.25, 0.3) is 0 Å². The van der Waals surface area contributed by atoms with Crippen molar-refractivity contribution >= 4 is 17.5 Å². The van der Waals surface area contributed by atoms with E-state index >= 15 is 0 Å². The van der Waals surface area contributed by atoms with Crippen LogP contribution < -0.4 is 9.47 Å². The molecule has 1 aromatic rings. The van der Waals surface area contributed by atoms with Crippen LogP contribution in [0.5, 0.6) is 11.5 Å². The third-order valence-corrected chi connectivity index (χ3v) is 3.44. The smallest absolute Gasteiger partial charge is 0.163 e.